The van der Waals surface area contributed by atoms with Crippen molar-refractivity contribution in [3.8, 4) is 11.8 Å². The van der Waals surface area contributed by atoms with Gasteiger partial charge in [0, 0.05) is 13.2 Å². The number of benzene rings is 1. The molecule has 2 rings (SSSR count). The van der Waals surface area contributed by atoms with Gasteiger partial charge < -0.3 is 14.8 Å². The maximum absolute atomic E-state index is 12.0. The smallest absolute Gasteiger partial charge is 0.279 e. The van der Waals surface area contributed by atoms with E-state index in [-0.39, 0.29) is 12.0 Å². The van der Waals surface area contributed by atoms with Crippen LogP contribution in [0.25, 0.3) is 0 Å². The third-order valence-corrected chi connectivity index (χ3v) is 3.73. The molecule has 0 bridgehead atoms. The molecule has 1 aromatic carbocycles. The van der Waals surface area contributed by atoms with E-state index in [1.165, 1.54) is 0 Å². The molecule has 1 aromatic rings. The second-order valence-electron chi connectivity index (χ2n) is 5.36. The van der Waals surface area contributed by atoms with Crippen molar-refractivity contribution < 1.29 is 14.3 Å². The molecule has 1 aliphatic rings. The summed E-state index contributed by atoms with van der Waals surface area (Å²) in [5.74, 6) is 0.149. The van der Waals surface area contributed by atoms with Gasteiger partial charge in [0.1, 0.15) is 5.75 Å². The van der Waals surface area contributed by atoms with Crippen molar-refractivity contribution in [2.45, 2.75) is 32.0 Å². The van der Waals surface area contributed by atoms with E-state index in [1.807, 2.05) is 6.07 Å². The Kier molecular flexibility index (Phi) is 6.78. The first-order valence-electron chi connectivity index (χ1n) is 7.70. The van der Waals surface area contributed by atoms with Gasteiger partial charge in [0.2, 0.25) is 0 Å². The van der Waals surface area contributed by atoms with Gasteiger partial charge in [-0.05, 0) is 56.2 Å². The zero-order valence-electron chi connectivity index (χ0n) is 13.4. The van der Waals surface area contributed by atoms with Crippen LogP contribution in [0.2, 0.25) is 0 Å². The van der Waals surface area contributed by atoms with E-state index < -0.39 is 6.10 Å². The lowest BCUT2D eigenvalue weighted by molar-refractivity contribution is -0.127. The number of amides is 1. The first-order chi connectivity index (χ1) is 11.6. The van der Waals surface area contributed by atoms with Crippen LogP contribution in [0.5, 0.6) is 5.75 Å². The second kappa shape index (κ2) is 9.05. The molecule has 0 spiro atoms. The predicted molar refractivity (Wildman–Crippen MR) is 92.1 cm³/mol. The van der Waals surface area contributed by atoms with Gasteiger partial charge in [-0.25, -0.2) is 0 Å². The standard InChI is InChI=1S/C16H20N4O3S/c1-11(23-13-6-4-12(9-17)5-7-13)15(21)19-20-16(24)18-10-14-3-2-8-22-14/h4-7,11,14H,2-3,8,10H2,1H3,(H,19,21)(H2,18,20,24)/t11-,14-/m1/s1. The van der Waals surface area contributed by atoms with Crippen molar-refractivity contribution in [1.29, 1.82) is 5.26 Å². The van der Waals surface area contributed by atoms with Gasteiger partial charge in [-0.3, -0.25) is 15.6 Å². The molecule has 0 unspecified atom stereocenters. The Balaban J connectivity index is 1.68. The molecule has 0 radical (unpaired) electrons. The van der Waals surface area contributed by atoms with Gasteiger partial charge in [-0.2, -0.15) is 5.26 Å². The van der Waals surface area contributed by atoms with E-state index in [9.17, 15) is 4.79 Å². The Hall–Kier alpha value is -2.37. The first kappa shape index (κ1) is 18.0. The van der Waals surface area contributed by atoms with Crippen molar-refractivity contribution in [2.75, 3.05) is 13.2 Å². The molecule has 24 heavy (non-hydrogen) atoms. The number of hydrogen-bond acceptors (Lipinski definition) is 5. The summed E-state index contributed by atoms with van der Waals surface area (Å²) in [5, 5.41) is 12.1. The number of nitrogens with one attached hydrogen (secondary N) is 3. The molecule has 1 aliphatic heterocycles. The van der Waals surface area contributed by atoms with Crippen LogP contribution in [0.3, 0.4) is 0 Å². The van der Waals surface area contributed by atoms with Gasteiger partial charge in [0.05, 0.1) is 17.7 Å². The van der Waals surface area contributed by atoms with Crippen LogP contribution in [-0.2, 0) is 9.53 Å². The van der Waals surface area contributed by atoms with Gasteiger partial charge in [0.15, 0.2) is 11.2 Å². The summed E-state index contributed by atoms with van der Waals surface area (Å²) in [6, 6.07) is 8.56. The lowest BCUT2D eigenvalue weighted by Gasteiger charge is -2.17. The number of rotatable bonds is 5. The van der Waals surface area contributed by atoms with Gasteiger partial charge in [-0.1, -0.05) is 0 Å². The van der Waals surface area contributed by atoms with Gasteiger partial charge in [0.25, 0.3) is 5.91 Å². The summed E-state index contributed by atoms with van der Waals surface area (Å²) in [5.41, 5.74) is 5.65. The summed E-state index contributed by atoms with van der Waals surface area (Å²) in [6.45, 7) is 3.02. The quantitative estimate of drug-likeness (QED) is 0.540. The minimum Gasteiger partial charge on any atom is -0.481 e. The molecule has 1 fully saturated rings. The molecule has 7 nitrogen and oxygen atoms in total. The highest BCUT2D eigenvalue weighted by Gasteiger charge is 2.17. The first-order valence-corrected chi connectivity index (χ1v) is 8.11. The SMILES string of the molecule is C[C@@H](Oc1ccc(C#N)cc1)C(=O)NNC(=S)NC[C@H]1CCCO1. The van der Waals surface area contributed by atoms with E-state index >= 15 is 0 Å². The van der Waals surface area contributed by atoms with Crippen molar-refractivity contribution in [2.24, 2.45) is 0 Å². The molecular formula is C16H20N4O3S. The van der Waals surface area contributed by atoms with Crippen molar-refractivity contribution in [3.05, 3.63) is 29.8 Å². The largest absolute Gasteiger partial charge is 0.481 e. The van der Waals surface area contributed by atoms with Crippen molar-refractivity contribution >= 4 is 23.2 Å². The molecule has 0 aliphatic carbocycles. The van der Waals surface area contributed by atoms with Gasteiger partial charge in [-0.15, -0.1) is 0 Å². The molecule has 1 amide bonds. The average Bonchev–Trinajstić information content (AvgIpc) is 3.12. The number of carbonyl (C=O) groups is 1. The predicted octanol–water partition coefficient (Wildman–Crippen LogP) is 1.000. The fraction of sp³-hybridized carbons (Fsp3) is 0.438. The van der Waals surface area contributed by atoms with E-state index in [0.717, 1.165) is 19.4 Å². The number of thiocarbonyl (C=S) groups is 1. The van der Waals surface area contributed by atoms with E-state index in [4.69, 9.17) is 27.0 Å². The number of ether oxygens (including phenoxy) is 2. The molecule has 2 atom stereocenters. The highest BCUT2D eigenvalue weighted by atomic mass is 32.1. The van der Waals surface area contributed by atoms with Crippen molar-refractivity contribution in [1.82, 2.24) is 16.2 Å². The van der Waals surface area contributed by atoms with Crippen LogP contribution >= 0.6 is 12.2 Å². The molecule has 0 saturated carbocycles. The number of carbonyl (C=O) groups excluding carboxylic acids is 1. The lowest BCUT2D eigenvalue weighted by atomic mass is 10.2. The highest BCUT2D eigenvalue weighted by molar-refractivity contribution is 7.80. The third kappa shape index (κ3) is 5.68. The maximum Gasteiger partial charge on any atom is 0.279 e. The summed E-state index contributed by atoms with van der Waals surface area (Å²) in [6.07, 6.45) is 1.52. The topological polar surface area (TPSA) is 95.4 Å². The summed E-state index contributed by atoms with van der Waals surface area (Å²) < 4.78 is 11.0. The third-order valence-electron chi connectivity index (χ3n) is 3.48. The Bertz CT molecular complexity index is 609. The highest BCUT2D eigenvalue weighted by Crippen LogP contribution is 2.13. The molecular weight excluding hydrogens is 328 g/mol. The Morgan fingerprint density at radius 2 is 2.21 bits per heavy atom. The zero-order chi connectivity index (χ0) is 17.4. The zero-order valence-corrected chi connectivity index (χ0v) is 14.2. The normalized spacial score (nSPS) is 17.4. The lowest BCUT2D eigenvalue weighted by Crippen LogP contribution is -2.51. The Labute approximate surface area is 146 Å². The maximum atomic E-state index is 12.0. The van der Waals surface area contributed by atoms with Crippen LogP contribution in [0.4, 0.5) is 0 Å². The Morgan fingerprint density at radius 1 is 1.46 bits per heavy atom. The average molecular weight is 348 g/mol. The van der Waals surface area contributed by atoms with E-state index in [0.29, 0.717) is 23.0 Å². The molecule has 1 heterocycles. The van der Waals surface area contributed by atoms with Crippen LogP contribution in [0.15, 0.2) is 24.3 Å². The number of nitrogens with zero attached hydrogens (tertiary/aromatic N) is 1. The molecule has 1 saturated heterocycles. The van der Waals surface area contributed by atoms with E-state index in [1.54, 1.807) is 31.2 Å². The van der Waals surface area contributed by atoms with Crippen LogP contribution in [0.1, 0.15) is 25.3 Å². The minimum absolute atomic E-state index is 0.166. The molecule has 3 N–H and O–H groups in total. The molecule has 0 aromatic heterocycles. The molecule has 128 valence electrons. The Morgan fingerprint density at radius 3 is 2.83 bits per heavy atom. The van der Waals surface area contributed by atoms with Crippen LogP contribution < -0.4 is 20.9 Å². The second-order valence-corrected chi connectivity index (χ2v) is 5.76. The number of hydrogen-bond donors (Lipinski definition) is 3. The van der Waals surface area contributed by atoms with Gasteiger partial charge >= 0.3 is 0 Å². The van der Waals surface area contributed by atoms with Crippen molar-refractivity contribution in [3.63, 3.8) is 0 Å². The monoisotopic (exact) mass is 348 g/mol. The number of nitriles is 1. The summed E-state index contributed by atoms with van der Waals surface area (Å²) in [4.78, 5) is 12.0. The van der Waals surface area contributed by atoms with Crippen LogP contribution in [0, 0.1) is 11.3 Å². The molecule has 8 heteroatoms. The fourth-order valence-electron chi connectivity index (χ4n) is 2.14. The van der Waals surface area contributed by atoms with Crippen LogP contribution in [-0.4, -0.2) is 36.4 Å². The summed E-state index contributed by atoms with van der Waals surface area (Å²) >= 11 is 5.09. The summed E-state index contributed by atoms with van der Waals surface area (Å²) in [7, 11) is 0. The fourth-order valence-corrected chi connectivity index (χ4v) is 2.28. The number of hydrazine groups is 1. The van der Waals surface area contributed by atoms with E-state index in [2.05, 4.69) is 16.2 Å². The minimum atomic E-state index is -0.716.